The molecule has 0 aliphatic carbocycles. The maximum absolute atomic E-state index is 13.5. The minimum absolute atomic E-state index is 0.101. The number of methoxy groups -OCH3 is 1. The van der Waals surface area contributed by atoms with E-state index < -0.39 is 5.97 Å². The molecule has 0 aromatic heterocycles. The van der Waals surface area contributed by atoms with Gasteiger partial charge >= 0.3 is 5.97 Å². The summed E-state index contributed by atoms with van der Waals surface area (Å²) in [5, 5.41) is 0. The van der Waals surface area contributed by atoms with Gasteiger partial charge in [0.15, 0.2) is 0 Å². The van der Waals surface area contributed by atoms with Crippen LogP contribution in [0, 0.1) is 12.7 Å². The van der Waals surface area contributed by atoms with Crippen LogP contribution in [0.1, 0.15) is 36.0 Å². The van der Waals surface area contributed by atoms with E-state index in [-0.39, 0.29) is 30.6 Å². The Bertz CT molecular complexity index is 919. The summed E-state index contributed by atoms with van der Waals surface area (Å²) in [4.78, 5) is 26.9. The molecule has 27 heavy (non-hydrogen) atoms. The molecule has 5 heteroatoms. The van der Waals surface area contributed by atoms with Gasteiger partial charge in [0, 0.05) is 18.0 Å². The van der Waals surface area contributed by atoms with E-state index in [9.17, 15) is 14.0 Å². The van der Waals surface area contributed by atoms with Crippen LogP contribution in [-0.2, 0) is 20.9 Å². The first-order valence-electron chi connectivity index (χ1n) is 8.81. The minimum Gasteiger partial charge on any atom is -0.466 e. The summed E-state index contributed by atoms with van der Waals surface area (Å²) in [6, 6.07) is 13.9. The summed E-state index contributed by atoms with van der Waals surface area (Å²) in [5.41, 5.74) is 3.66. The Balaban J connectivity index is 2.03. The Kier molecular flexibility index (Phi) is 5.40. The number of benzene rings is 2. The number of amides is 1. The maximum atomic E-state index is 13.5. The van der Waals surface area contributed by atoms with Crippen molar-refractivity contribution < 1.29 is 18.7 Å². The molecule has 1 atom stereocenters. The molecule has 1 unspecified atom stereocenters. The lowest BCUT2D eigenvalue weighted by molar-refractivity contribution is -0.138. The number of esters is 1. The van der Waals surface area contributed by atoms with Gasteiger partial charge in [0.05, 0.1) is 19.2 Å². The highest BCUT2D eigenvalue weighted by atomic mass is 19.1. The van der Waals surface area contributed by atoms with E-state index in [1.807, 2.05) is 31.2 Å². The smallest absolute Gasteiger partial charge is 0.336 e. The average Bonchev–Trinajstić information content (AvgIpc) is 2.64. The predicted molar refractivity (Wildman–Crippen MR) is 100 cm³/mol. The van der Waals surface area contributed by atoms with Gasteiger partial charge in [-0.3, -0.25) is 4.79 Å². The second kappa shape index (κ2) is 7.74. The summed E-state index contributed by atoms with van der Waals surface area (Å²) < 4.78 is 18.5. The monoisotopic (exact) mass is 367 g/mol. The SMILES string of the molecule is COC(=O)C1=C(C)N(Cc2cccc(F)c2)C(=O)CC1c1cccc(C)c1. The average molecular weight is 367 g/mol. The van der Waals surface area contributed by atoms with Crippen LogP contribution in [0.4, 0.5) is 4.39 Å². The van der Waals surface area contributed by atoms with Crippen molar-refractivity contribution in [1.82, 2.24) is 4.90 Å². The quantitative estimate of drug-likeness (QED) is 0.765. The standard InChI is InChI=1S/C22H22FNO3/c1-14-6-4-8-17(10-14)19-12-20(25)24(15(2)21(19)22(26)27-3)13-16-7-5-9-18(23)11-16/h4-11,19H,12-13H2,1-3H3. The lowest BCUT2D eigenvalue weighted by Crippen LogP contribution is -2.38. The van der Waals surface area contributed by atoms with Crippen molar-refractivity contribution in [2.24, 2.45) is 0 Å². The third-order valence-electron chi connectivity index (χ3n) is 4.90. The third-order valence-corrected chi connectivity index (χ3v) is 4.90. The second-order valence-corrected chi connectivity index (χ2v) is 6.77. The van der Waals surface area contributed by atoms with E-state index in [1.165, 1.54) is 24.1 Å². The molecule has 2 aromatic rings. The molecule has 3 rings (SSSR count). The fraction of sp³-hybridized carbons (Fsp3) is 0.273. The third kappa shape index (κ3) is 3.92. The maximum Gasteiger partial charge on any atom is 0.336 e. The van der Waals surface area contributed by atoms with Crippen LogP contribution < -0.4 is 0 Å². The molecule has 140 valence electrons. The molecule has 0 fully saturated rings. The molecule has 1 aliphatic heterocycles. The van der Waals surface area contributed by atoms with Crippen LogP contribution in [-0.4, -0.2) is 23.9 Å². The van der Waals surface area contributed by atoms with Gasteiger partial charge in [-0.05, 0) is 37.1 Å². The highest BCUT2D eigenvalue weighted by Gasteiger charge is 2.36. The molecule has 1 aliphatic rings. The van der Waals surface area contributed by atoms with Crippen molar-refractivity contribution in [3.8, 4) is 0 Å². The number of carbonyl (C=O) groups excluding carboxylic acids is 2. The van der Waals surface area contributed by atoms with E-state index in [0.29, 0.717) is 16.8 Å². The number of aryl methyl sites for hydroxylation is 1. The Hall–Kier alpha value is -2.95. The zero-order valence-corrected chi connectivity index (χ0v) is 15.7. The zero-order valence-electron chi connectivity index (χ0n) is 15.7. The summed E-state index contributed by atoms with van der Waals surface area (Å²) in [7, 11) is 1.34. The number of halogens is 1. The molecule has 0 bridgehead atoms. The van der Waals surface area contributed by atoms with E-state index in [1.54, 1.807) is 19.1 Å². The van der Waals surface area contributed by atoms with Gasteiger partial charge in [0.25, 0.3) is 0 Å². The molecule has 0 saturated heterocycles. The fourth-order valence-electron chi connectivity index (χ4n) is 3.57. The summed E-state index contributed by atoms with van der Waals surface area (Å²) in [5.74, 6) is -1.26. The first kappa shape index (κ1) is 18.8. The number of hydrogen-bond acceptors (Lipinski definition) is 3. The molecule has 0 saturated carbocycles. The molecule has 2 aromatic carbocycles. The highest BCUT2D eigenvalue weighted by molar-refractivity contribution is 5.95. The molecule has 1 heterocycles. The largest absolute Gasteiger partial charge is 0.466 e. The number of allylic oxidation sites excluding steroid dienone is 1. The van der Waals surface area contributed by atoms with Crippen LogP contribution in [0.2, 0.25) is 0 Å². The predicted octanol–water partition coefficient (Wildman–Crippen LogP) is 4.10. The van der Waals surface area contributed by atoms with Gasteiger partial charge in [-0.15, -0.1) is 0 Å². The van der Waals surface area contributed by atoms with E-state index in [0.717, 1.165) is 11.1 Å². The van der Waals surface area contributed by atoms with E-state index in [4.69, 9.17) is 4.74 Å². The number of nitrogens with zero attached hydrogens (tertiary/aromatic N) is 1. The highest BCUT2D eigenvalue weighted by Crippen LogP contribution is 2.37. The number of rotatable bonds is 4. The Morgan fingerprint density at radius 2 is 1.93 bits per heavy atom. The van der Waals surface area contributed by atoms with Crippen molar-refractivity contribution in [2.75, 3.05) is 7.11 Å². The molecule has 0 radical (unpaired) electrons. The Labute approximate surface area is 158 Å². The molecular weight excluding hydrogens is 345 g/mol. The van der Waals surface area contributed by atoms with Crippen LogP contribution in [0.25, 0.3) is 0 Å². The van der Waals surface area contributed by atoms with Crippen molar-refractivity contribution in [3.63, 3.8) is 0 Å². The van der Waals surface area contributed by atoms with Crippen LogP contribution in [0.3, 0.4) is 0 Å². The first-order chi connectivity index (χ1) is 12.9. The summed E-state index contributed by atoms with van der Waals surface area (Å²) in [6.45, 7) is 3.92. The lowest BCUT2D eigenvalue weighted by atomic mass is 9.83. The molecule has 0 N–H and O–H groups in total. The van der Waals surface area contributed by atoms with Gasteiger partial charge < -0.3 is 9.64 Å². The minimum atomic E-state index is -0.448. The van der Waals surface area contributed by atoms with Crippen LogP contribution in [0.15, 0.2) is 59.8 Å². The molecule has 0 spiro atoms. The van der Waals surface area contributed by atoms with Gasteiger partial charge in [-0.2, -0.15) is 0 Å². The van der Waals surface area contributed by atoms with Gasteiger partial charge in [-0.1, -0.05) is 42.0 Å². The normalized spacial score (nSPS) is 17.3. The second-order valence-electron chi connectivity index (χ2n) is 6.77. The van der Waals surface area contributed by atoms with Crippen molar-refractivity contribution >= 4 is 11.9 Å². The number of carbonyl (C=O) groups is 2. The van der Waals surface area contributed by atoms with E-state index >= 15 is 0 Å². The van der Waals surface area contributed by atoms with Crippen LogP contribution in [0.5, 0.6) is 0 Å². The topological polar surface area (TPSA) is 46.6 Å². The number of hydrogen-bond donors (Lipinski definition) is 0. The summed E-state index contributed by atoms with van der Waals surface area (Å²) in [6.07, 6.45) is 0.167. The molecule has 4 nitrogen and oxygen atoms in total. The van der Waals surface area contributed by atoms with Crippen molar-refractivity contribution in [2.45, 2.75) is 32.7 Å². The van der Waals surface area contributed by atoms with Crippen molar-refractivity contribution in [1.29, 1.82) is 0 Å². The number of ether oxygens (including phenoxy) is 1. The fourth-order valence-corrected chi connectivity index (χ4v) is 3.57. The van der Waals surface area contributed by atoms with Gasteiger partial charge in [0.1, 0.15) is 5.82 Å². The lowest BCUT2D eigenvalue weighted by Gasteiger charge is -2.34. The summed E-state index contributed by atoms with van der Waals surface area (Å²) >= 11 is 0. The molecular formula is C22H22FNO3. The Morgan fingerprint density at radius 3 is 2.59 bits per heavy atom. The van der Waals surface area contributed by atoms with E-state index in [2.05, 4.69) is 0 Å². The van der Waals surface area contributed by atoms with Crippen molar-refractivity contribution in [3.05, 3.63) is 82.3 Å². The Morgan fingerprint density at radius 1 is 1.19 bits per heavy atom. The van der Waals surface area contributed by atoms with Crippen LogP contribution >= 0.6 is 0 Å². The van der Waals surface area contributed by atoms with Gasteiger partial charge in [0.2, 0.25) is 5.91 Å². The van der Waals surface area contributed by atoms with Gasteiger partial charge in [-0.25, -0.2) is 9.18 Å². The first-order valence-corrected chi connectivity index (χ1v) is 8.81. The zero-order chi connectivity index (χ0) is 19.6. The molecule has 1 amide bonds.